The van der Waals surface area contributed by atoms with Gasteiger partial charge in [0.15, 0.2) is 0 Å². The van der Waals surface area contributed by atoms with Crippen LogP contribution in [-0.4, -0.2) is 65.7 Å². The van der Waals surface area contributed by atoms with Gasteiger partial charge in [0.2, 0.25) is 5.91 Å². The van der Waals surface area contributed by atoms with Gasteiger partial charge in [0, 0.05) is 26.1 Å². The molecule has 0 radical (unpaired) electrons. The van der Waals surface area contributed by atoms with Crippen LogP contribution in [0.2, 0.25) is 0 Å². The number of likely N-dealkylation sites (N-methyl/N-ethyl adjacent to an activating group) is 1. The lowest BCUT2D eigenvalue weighted by Crippen LogP contribution is -2.47. The van der Waals surface area contributed by atoms with Crippen LogP contribution in [0.3, 0.4) is 0 Å². The number of hydrogen-bond acceptors (Lipinski definition) is 4. The first-order chi connectivity index (χ1) is 15.5. The Morgan fingerprint density at radius 1 is 1.00 bits per heavy atom. The van der Waals surface area contributed by atoms with E-state index >= 15 is 0 Å². The van der Waals surface area contributed by atoms with Crippen LogP contribution in [0, 0.1) is 0 Å². The van der Waals surface area contributed by atoms with Crippen LogP contribution in [0.5, 0.6) is 0 Å². The maximum atomic E-state index is 12.7. The number of carboxylic acids is 1. The van der Waals surface area contributed by atoms with E-state index in [1.54, 1.807) is 4.90 Å². The Kier molecular flexibility index (Phi) is 6.44. The first kappa shape index (κ1) is 21.9. The summed E-state index contributed by atoms with van der Waals surface area (Å²) >= 11 is 0. The number of ether oxygens (including phenoxy) is 1. The minimum absolute atomic E-state index is 0.101. The number of benzene rings is 2. The molecular formula is C25H28N2O5. The third kappa shape index (κ3) is 4.33. The van der Waals surface area contributed by atoms with Crippen LogP contribution >= 0.6 is 0 Å². The molecule has 7 nitrogen and oxygen atoms in total. The molecule has 0 saturated carbocycles. The molecule has 1 atom stereocenters. The fraction of sp³-hybridized carbons (Fsp3) is 0.400. The fourth-order valence-electron chi connectivity index (χ4n) is 4.65. The van der Waals surface area contributed by atoms with Crippen LogP contribution in [0.1, 0.15) is 42.7 Å². The number of carbonyl (C=O) groups excluding carboxylic acids is 2. The van der Waals surface area contributed by atoms with Crippen molar-refractivity contribution in [3.05, 3.63) is 59.7 Å². The standard InChI is InChI=1S/C25H28N2O5/c1-26(22(24(29)30)15-23(28)27-13-7-2-8-14-27)25(31)32-16-21-19-11-5-3-9-17(19)18-10-4-6-12-20(18)21/h3-6,9-12,21-22H,2,7-8,13-16H2,1H3,(H,29,30)/t22-/m0/s1. The van der Waals surface area contributed by atoms with Crippen LogP contribution in [0.4, 0.5) is 4.79 Å². The zero-order chi connectivity index (χ0) is 22.7. The normalized spacial score (nSPS) is 16.1. The quantitative estimate of drug-likeness (QED) is 0.746. The number of hydrogen-bond donors (Lipinski definition) is 1. The van der Waals surface area contributed by atoms with Crippen molar-refractivity contribution in [1.82, 2.24) is 9.80 Å². The lowest BCUT2D eigenvalue weighted by Gasteiger charge is -2.30. The Bertz CT molecular complexity index is 969. The van der Waals surface area contributed by atoms with Crippen molar-refractivity contribution in [2.24, 2.45) is 0 Å². The lowest BCUT2D eigenvalue weighted by molar-refractivity contribution is -0.146. The summed E-state index contributed by atoms with van der Waals surface area (Å²) in [7, 11) is 1.38. The Morgan fingerprint density at radius 2 is 1.56 bits per heavy atom. The minimum atomic E-state index is -1.26. The topological polar surface area (TPSA) is 87.2 Å². The third-order valence-electron chi connectivity index (χ3n) is 6.45. The number of carboxylic acid groups (broad SMARTS) is 1. The van der Waals surface area contributed by atoms with Crippen molar-refractivity contribution >= 4 is 18.0 Å². The molecule has 2 aliphatic rings. The van der Waals surface area contributed by atoms with E-state index in [0.717, 1.165) is 46.4 Å². The first-order valence-electron chi connectivity index (χ1n) is 11.1. The molecule has 1 heterocycles. The molecular weight excluding hydrogens is 408 g/mol. The van der Waals surface area contributed by atoms with Crippen molar-refractivity contribution in [2.45, 2.75) is 37.6 Å². The molecule has 1 fully saturated rings. The fourth-order valence-corrected chi connectivity index (χ4v) is 4.65. The maximum Gasteiger partial charge on any atom is 0.410 e. The molecule has 2 amide bonds. The summed E-state index contributed by atoms with van der Waals surface area (Å²) in [6.45, 7) is 1.38. The van der Waals surface area contributed by atoms with E-state index in [-0.39, 0.29) is 24.9 Å². The molecule has 1 saturated heterocycles. The molecule has 168 valence electrons. The molecule has 32 heavy (non-hydrogen) atoms. The molecule has 4 rings (SSSR count). The van der Waals surface area contributed by atoms with Crippen molar-refractivity contribution < 1.29 is 24.2 Å². The molecule has 1 N–H and O–H groups in total. The summed E-state index contributed by atoms with van der Waals surface area (Å²) in [6.07, 6.45) is 1.92. The Balaban J connectivity index is 1.42. The van der Waals surface area contributed by atoms with E-state index in [4.69, 9.17) is 4.74 Å². The van der Waals surface area contributed by atoms with Crippen molar-refractivity contribution in [1.29, 1.82) is 0 Å². The van der Waals surface area contributed by atoms with Gasteiger partial charge >= 0.3 is 12.1 Å². The molecule has 7 heteroatoms. The van der Waals surface area contributed by atoms with Crippen molar-refractivity contribution in [3.8, 4) is 11.1 Å². The van der Waals surface area contributed by atoms with Gasteiger partial charge in [-0.15, -0.1) is 0 Å². The van der Waals surface area contributed by atoms with Crippen molar-refractivity contribution in [2.75, 3.05) is 26.7 Å². The molecule has 1 aliphatic carbocycles. The van der Waals surface area contributed by atoms with Crippen LogP contribution in [0.15, 0.2) is 48.5 Å². The second-order valence-corrected chi connectivity index (χ2v) is 8.41. The number of rotatable bonds is 6. The Morgan fingerprint density at radius 3 is 2.12 bits per heavy atom. The second-order valence-electron chi connectivity index (χ2n) is 8.41. The van der Waals surface area contributed by atoms with E-state index in [1.165, 1.54) is 7.05 Å². The molecule has 0 bridgehead atoms. The number of carbonyl (C=O) groups is 3. The molecule has 0 unspecified atom stereocenters. The van der Waals surface area contributed by atoms with Gasteiger partial charge in [-0.1, -0.05) is 48.5 Å². The van der Waals surface area contributed by atoms with Crippen LogP contribution in [0.25, 0.3) is 11.1 Å². The number of aliphatic carboxylic acids is 1. The first-order valence-corrected chi connectivity index (χ1v) is 11.1. The van der Waals surface area contributed by atoms with Crippen molar-refractivity contribution in [3.63, 3.8) is 0 Å². The Hall–Kier alpha value is -3.35. The van der Waals surface area contributed by atoms with E-state index < -0.39 is 18.1 Å². The number of amides is 2. The number of nitrogens with zero attached hydrogens (tertiary/aromatic N) is 2. The van der Waals surface area contributed by atoms with E-state index in [2.05, 4.69) is 12.1 Å². The van der Waals surface area contributed by atoms with Gasteiger partial charge in [-0.05, 0) is 41.5 Å². The van der Waals surface area contributed by atoms with Gasteiger partial charge in [0.25, 0.3) is 0 Å². The van der Waals surface area contributed by atoms with Gasteiger partial charge in [-0.25, -0.2) is 9.59 Å². The minimum Gasteiger partial charge on any atom is -0.480 e. The molecule has 0 spiro atoms. The predicted molar refractivity (Wildman–Crippen MR) is 119 cm³/mol. The average molecular weight is 437 g/mol. The summed E-state index contributed by atoms with van der Waals surface area (Å²) in [5.41, 5.74) is 4.40. The highest BCUT2D eigenvalue weighted by atomic mass is 16.6. The smallest absolute Gasteiger partial charge is 0.410 e. The zero-order valence-corrected chi connectivity index (χ0v) is 18.2. The average Bonchev–Trinajstić information content (AvgIpc) is 3.14. The highest BCUT2D eigenvalue weighted by Crippen LogP contribution is 2.44. The summed E-state index contributed by atoms with van der Waals surface area (Å²) in [4.78, 5) is 39.8. The number of piperidine rings is 1. The lowest BCUT2D eigenvalue weighted by atomic mass is 9.98. The molecule has 2 aromatic carbocycles. The zero-order valence-electron chi connectivity index (χ0n) is 18.2. The van der Waals surface area contributed by atoms with E-state index in [0.29, 0.717) is 13.1 Å². The van der Waals surface area contributed by atoms with Gasteiger partial charge in [-0.2, -0.15) is 0 Å². The van der Waals surface area contributed by atoms with E-state index in [1.807, 2.05) is 36.4 Å². The SMILES string of the molecule is CN(C(=O)OCC1c2ccccc2-c2ccccc21)[C@@H](CC(=O)N1CCCCC1)C(=O)O. The Labute approximate surface area is 187 Å². The summed E-state index contributed by atoms with van der Waals surface area (Å²) in [5.74, 6) is -1.57. The summed E-state index contributed by atoms with van der Waals surface area (Å²) in [5, 5.41) is 9.66. The molecule has 1 aliphatic heterocycles. The number of likely N-dealkylation sites (tertiary alicyclic amines) is 1. The van der Waals surface area contributed by atoms with Gasteiger partial charge < -0.3 is 14.7 Å². The monoisotopic (exact) mass is 436 g/mol. The summed E-state index contributed by atoms with van der Waals surface area (Å²) < 4.78 is 5.56. The van der Waals surface area contributed by atoms with Gasteiger partial charge in [-0.3, -0.25) is 9.69 Å². The van der Waals surface area contributed by atoms with E-state index in [9.17, 15) is 19.5 Å². The molecule has 2 aromatic rings. The number of fused-ring (bicyclic) bond motifs is 3. The van der Waals surface area contributed by atoms with Gasteiger partial charge in [0.05, 0.1) is 6.42 Å². The second kappa shape index (κ2) is 9.42. The third-order valence-corrected chi connectivity index (χ3v) is 6.45. The summed E-state index contributed by atoms with van der Waals surface area (Å²) in [6, 6.07) is 14.8. The van der Waals surface area contributed by atoms with Crippen LogP contribution in [-0.2, 0) is 14.3 Å². The van der Waals surface area contributed by atoms with Gasteiger partial charge in [0.1, 0.15) is 12.6 Å². The predicted octanol–water partition coefficient (Wildman–Crippen LogP) is 3.72. The highest BCUT2D eigenvalue weighted by Gasteiger charge is 2.34. The highest BCUT2D eigenvalue weighted by molar-refractivity contribution is 5.87. The maximum absolute atomic E-state index is 12.7. The van der Waals surface area contributed by atoms with Crippen LogP contribution < -0.4 is 0 Å². The molecule has 0 aromatic heterocycles. The largest absolute Gasteiger partial charge is 0.480 e.